The molecule has 2 aromatic rings. The Kier molecular flexibility index (Phi) is 4.41. The maximum Gasteiger partial charge on any atom is 0.134 e. The Morgan fingerprint density at radius 1 is 1.10 bits per heavy atom. The van der Waals surface area contributed by atoms with Crippen LogP contribution in [0.5, 0.6) is 0 Å². The summed E-state index contributed by atoms with van der Waals surface area (Å²) >= 11 is 6.21. The second kappa shape index (κ2) is 5.90. The topological polar surface area (TPSA) is 12.0 Å². The maximum absolute atomic E-state index is 14.3. The van der Waals surface area contributed by atoms with Crippen molar-refractivity contribution in [2.75, 3.05) is 7.05 Å². The van der Waals surface area contributed by atoms with Crippen molar-refractivity contribution < 1.29 is 8.78 Å². The van der Waals surface area contributed by atoms with Crippen LogP contribution in [0.1, 0.15) is 28.3 Å². The number of aryl methyl sites for hydroxylation is 2. The molecule has 0 aliphatic carbocycles. The van der Waals surface area contributed by atoms with Crippen molar-refractivity contribution in [3.63, 3.8) is 0 Å². The average Bonchev–Trinajstić information content (AvgIpc) is 2.40. The molecule has 0 aliphatic rings. The van der Waals surface area contributed by atoms with Gasteiger partial charge in [0.15, 0.2) is 0 Å². The van der Waals surface area contributed by atoms with Crippen LogP contribution in [0.3, 0.4) is 0 Å². The van der Waals surface area contributed by atoms with Crippen LogP contribution in [0.2, 0.25) is 5.02 Å². The number of rotatable bonds is 3. The molecule has 0 heterocycles. The van der Waals surface area contributed by atoms with Gasteiger partial charge in [0.25, 0.3) is 0 Å². The first-order valence-electron chi connectivity index (χ1n) is 6.33. The van der Waals surface area contributed by atoms with Crippen molar-refractivity contribution in [1.29, 1.82) is 0 Å². The van der Waals surface area contributed by atoms with Gasteiger partial charge in [0.1, 0.15) is 11.6 Å². The highest BCUT2D eigenvalue weighted by molar-refractivity contribution is 6.31. The van der Waals surface area contributed by atoms with Gasteiger partial charge >= 0.3 is 0 Å². The van der Waals surface area contributed by atoms with E-state index in [1.807, 2.05) is 13.0 Å². The molecule has 0 spiro atoms. The summed E-state index contributed by atoms with van der Waals surface area (Å²) in [5.74, 6) is -1.12. The van der Waals surface area contributed by atoms with E-state index < -0.39 is 17.7 Å². The monoisotopic (exact) mass is 295 g/mol. The van der Waals surface area contributed by atoms with Crippen LogP contribution in [-0.2, 0) is 0 Å². The zero-order valence-electron chi connectivity index (χ0n) is 11.6. The van der Waals surface area contributed by atoms with Gasteiger partial charge in [-0.1, -0.05) is 29.8 Å². The molecule has 1 N–H and O–H groups in total. The van der Waals surface area contributed by atoms with Crippen LogP contribution in [0.25, 0.3) is 0 Å². The molecule has 0 fully saturated rings. The third-order valence-corrected chi connectivity index (χ3v) is 3.69. The Bertz CT molecular complexity index is 641. The highest BCUT2D eigenvalue weighted by atomic mass is 35.5. The predicted molar refractivity (Wildman–Crippen MR) is 78.2 cm³/mol. The van der Waals surface area contributed by atoms with Crippen LogP contribution in [0.15, 0.2) is 30.3 Å². The lowest BCUT2D eigenvalue weighted by molar-refractivity contribution is 0.517. The number of hydrogen-bond donors (Lipinski definition) is 1. The molecule has 0 bridgehead atoms. The summed E-state index contributed by atoms with van der Waals surface area (Å²) in [6, 6.07) is 7.53. The molecule has 20 heavy (non-hydrogen) atoms. The van der Waals surface area contributed by atoms with E-state index in [9.17, 15) is 8.78 Å². The molecule has 106 valence electrons. The molecular formula is C16H16ClF2N. The van der Waals surface area contributed by atoms with E-state index >= 15 is 0 Å². The van der Waals surface area contributed by atoms with Gasteiger partial charge in [0, 0.05) is 10.6 Å². The molecule has 1 nitrogen and oxygen atoms in total. The smallest absolute Gasteiger partial charge is 0.134 e. The third-order valence-electron chi connectivity index (χ3n) is 3.36. The summed E-state index contributed by atoms with van der Waals surface area (Å²) in [5.41, 5.74) is 2.06. The molecule has 1 unspecified atom stereocenters. The lowest BCUT2D eigenvalue weighted by Gasteiger charge is -2.21. The average molecular weight is 296 g/mol. The maximum atomic E-state index is 14.3. The van der Waals surface area contributed by atoms with Gasteiger partial charge in [0.2, 0.25) is 0 Å². The molecule has 2 rings (SSSR count). The van der Waals surface area contributed by atoms with Crippen LogP contribution < -0.4 is 5.32 Å². The van der Waals surface area contributed by atoms with E-state index in [-0.39, 0.29) is 5.56 Å². The first-order chi connectivity index (χ1) is 9.45. The Morgan fingerprint density at radius 2 is 1.80 bits per heavy atom. The van der Waals surface area contributed by atoms with E-state index in [0.29, 0.717) is 16.1 Å². The second-order valence-corrected chi connectivity index (χ2v) is 5.25. The van der Waals surface area contributed by atoms with Crippen molar-refractivity contribution in [3.8, 4) is 0 Å². The Hall–Kier alpha value is -1.45. The first kappa shape index (κ1) is 14.9. The highest BCUT2D eigenvalue weighted by Gasteiger charge is 2.23. The normalized spacial score (nSPS) is 12.5. The quantitative estimate of drug-likeness (QED) is 0.876. The van der Waals surface area contributed by atoms with Gasteiger partial charge in [-0.25, -0.2) is 8.78 Å². The molecule has 0 saturated carbocycles. The lowest BCUT2D eigenvalue weighted by Crippen LogP contribution is -2.21. The summed E-state index contributed by atoms with van der Waals surface area (Å²) in [7, 11) is 1.65. The van der Waals surface area contributed by atoms with Crippen LogP contribution in [0.4, 0.5) is 8.78 Å². The summed E-state index contributed by atoms with van der Waals surface area (Å²) < 4.78 is 28.3. The Morgan fingerprint density at radius 3 is 2.40 bits per heavy atom. The highest BCUT2D eigenvalue weighted by Crippen LogP contribution is 2.32. The van der Waals surface area contributed by atoms with E-state index in [0.717, 1.165) is 5.56 Å². The van der Waals surface area contributed by atoms with Crippen molar-refractivity contribution in [3.05, 3.63) is 69.2 Å². The van der Waals surface area contributed by atoms with E-state index in [2.05, 4.69) is 5.32 Å². The molecular weight excluding hydrogens is 280 g/mol. The number of benzene rings is 2. The van der Waals surface area contributed by atoms with Gasteiger partial charge in [-0.05, 0) is 49.7 Å². The minimum atomic E-state index is -0.622. The van der Waals surface area contributed by atoms with Crippen LogP contribution in [0, 0.1) is 25.5 Å². The standard InChI is InChI=1S/C16H16ClF2N/c1-9-4-6-11(12(17)8-9)16(20-3)14-13(18)7-5-10(2)15(14)19/h4-8,16,20H,1-3H3. The zero-order valence-corrected chi connectivity index (χ0v) is 12.4. The number of halogens is 3. The van der Waals surface area contributed by atoms with Gasteiger partial charge in [-0.3, -0.25) is 0 Å². The van der Waals surface area contributed by atoms with Gasteiger partial charge in [0.05, 0.1) is 6.04 Å². The zero-order chi connectivity index (χ0) is 14.9. The fourth-order valence-electron chi connectivity index (χ4n) is 2.26. The summed E-state index contributed by atoms with van der Waals surface area (Å²) in [4.78, 5) is 0. The van der Waals surface area contributed by atoms with Crippen molar-refractivity contribution in [2.24, 2.45) is 0 Å². The number of hydrogen-bond acceptors (Lipinski definition) is 1. The van der Waals surface area contributed by atoms with Crippen molar-refractivity contribution >= 4 is 11.6 Å². The van der Waals surface area contributed by atoms with Crippen molar-refractivity contribution in [2.45, 2.75) is 19.9 Å². The lowest BCUT2D eigenvalue weighted by atomic mass is 9.95. The molecule has 0 aliphatic heterocycles. The SMILES string of the molecule is CNC(c1ccc(C)cc1Cl)c1c(F)ccc(C)c1F. The fraction of sp³-hybridized carbons (Fsp3) is 0.250. The first-order valence-corrected chi connectivity index (χ1v) is 6.71. The van der Waals surface area contributed by atoms with Crippen molar-refractivity contribution in [1.82, 2.24) is 5.32 Å². The second-order valence-electron chi connectivity index (χ2n) is 4.84. The summed E-state index contributed by atoms with van der Waals surface area (Å²) in [6.07, 6.45) is 0. The minimum Gasteiger partial charge on any atom is -0.309 e. The van der Waals surface area contributed by atoms with Crippen LogP contribution in [-0.4, -0.2) is 7.05 Å². The van der Waals surface area contributed by atoms with Gasteiger partial charge in [-0.15, -0.1) is 0 Å². The predicted octanol–water partition coefficient (Wildman–Crippen LogP) is 4.54. The molecule has 4 heteroatoms. The molecule has 0 saturated heterocycles. The fourth-order valence-corrected chi connectivity index (χ4v) is 2.61. The molecule has 0 radical (unpaired) electrons. The number of nitrogens with one attached hydrogen (secondary N) is 1. The van der Waals surface area contributed by atoms with E-state index in [1.165, 1.54) is 12.1 Å². The Labute approximate surface area is 122 Å². The van der Waals surface area contributed by atoms with Gasteiger partial charge in [-0.2, -0.15) is 0 Å². The molecule has 2 aromatic carbocycles. The minimum absolute atomic E-state index is 0.00162. The molecule has 0 amide bonds. The van der Waals surface area contributed by atoms with E-state index in [4.69, 9.17) is 11.6 Å². The summed E-state index contributed by atoms with van der Waals surface area (Å²) in [5, 5.41) is 3.43. The largest absolute Gasteiger partial charge is 0.309 e. The molecule has 1 atom stereocenters. The van der Waals surface area contributed by atoms with Crippen LogP contribution >= 0.6 is 11.6 Å². The molecule has 0 aromatic heterocycles. The van der Waals surface area contributed by atoms with E-state index in [1.54, 1.807) is 26.1 Å². The third kappa shape index (κ3) is 2.69. The Balaban J connectivity index is 2.61. The van der Waals surface area contributed by atoms with Gasteiger partial charge < -0.3 is 5.32 Å². The summed E-state index contributed by atoms with van der Waals surface area (Å²) in [6.45, 7) is 3.53.